The molecular weight excluding hydrogens is 621 g/mol. The van der Waals surface area contributed by atoms with Gasteiger partial charge in [-0.05, 0) is 84.4 Å². The van der Waals surface area contributed by atoms with Crippen LogP contribution < -0.4 is 0 Å². The van der Waals surface area contributed by atoms with Crippen molar-refractivity contribution < 1.29 is 14.3 Å². The minimum atomic E-state index is -2.06. The number of hydrogen-bond donors (Lipinski definition) is 1. The van der Waals surface area contributed by atoms with E-state index in [0.717, 1.165) is 47.5 Å². The number of aliphatic hydroxyl groups excluding tert-OH is 1. The topological polar surface area (TPSA) is 38.7 Å². The molecule has 1 heterocycles. The van der Waals surface area contributed by atoms with Gasteiger partial charge in [0.1, 0.15) is 5.60 Å². The summed E-state index contributed by atoms with van der Waals surface area (Å²) >= 11 is 4.07. The molecule has 4 rings (SSSR count). The van der Waals surface area contributed by atoms with E-state index in [4.69, 9.17) is 9.16 Å². The van der Waals surface area contributed by atoms with Gasteiger partial charge in [-0.3, -0.25) is 0 Å². The van der Waals surface area contributed by atoms with Gasteiger partial charge in [0, 0.05) is 6.10 Å². The Balaban J connectivity index is 1.65. The quantitative estimate of drug-likeness (QED) is 0.0929. The smallest absolute Gasteiger partial charge is 0.192 e. The first-order chi connectivity index (χ1) is 21.9. The third-order valence-electron chi connectivity index (χ3n) is 9.60. The van der Waals surface area contributed by atoms with Crippen LogP contribution in [0.5, 0.6) is 0 Å². The first-order valence-corrected chi connectivity index (χ1v) is 21.8. The van der Waals surface area contributed by atoms with Crippen molar-refractivity contribution in [3.05, 3.63) is 120 Å². The first-order valence-electron chi connectivity index (χ1n) is 17.0. The van der Waals surface area contributed by atoms with Crippen molar-refractivity contribution in [2.75, 3.05) is 18.1 Å². The Morgan fingerprint density at radius 3 is 1.76 bits per heavy atom. The van der Waals surface area contributed by atoms with Crippen LogP contribution in [0.15, 0.2) is 104 Å². The van der Waals surface area contributed by atoms with Crippen LogP contribution in [0.1, 0.15) is 76.5 Å². The van der Waals surface area contributed by atoms with Crippen LogP contribution in [-0.4, -0.2) is 47.8 Å². The first kappa shape index (κ1) is 37.0. The fraction of sp³-hybridized carbons (Fsp3) is 0.500. The predicted molar refractivity (Wildman–Crippen MR) is 203 cm³/mol. The second-order valence-corrected chi connectivity index (χ2v) is 22.5. The van der Waals surface area contributed by atoms with Crippen molar-refractivity contribution in [1.29, 1.82) is 0 Å². The van der Waals surface area contributed by atoms with Crippen molar-refractivity contribution >= 4 is 31.8 Å². The Hall–Kier alpha value is -1.80. The lowest BCUT2D eigenvalue weighted by Crippen LogP contribution is -2.46. The highest BCUT2D eigenvalue weighted by Gasteiger charge is 2.44. The Morgan fingerprint density at radius 1 is 0.848 bits per heavy atom. The van der Waals surface area contributed by atoms with Crippen LogP contribution in [0, 0.1) is 5.92 Å². The summed E-state index contributed by atoms with van der Waals surface area (Å²) in [4.78, 5) is 0. The number of hydrogen-bond acceptors (Lipinski definition) is 5. The normalized spacial score (nSPS) is 17.6. The van der Waals surface area contributed by atoms with Gasteiger partial charge in [-0.1, -0.05) is 125 Å². The molecule has 1 saturated heterocycles. The third kappa shape index (κ3) is 9.42. The van der Waals surface area contributed by atoms with Crippen molar-refractivity contribution in [3.63, 3.8) is 0 Å². The van der Waals surface area contributed by atoms with E-state index < -0.39 is 13.9 Å². The van der Waals surface area contributed by atoms with E-state index in [1.807, 2.05) is 29.6 Å². The highest BCUT2D eigenvalue weighted by atomic mass is 32.2. The monoisotopic (exact) mass is 676 g/mol. The number of ether oxygens (including phenoxy) is 1. The molecule has 0 aromatic heterocycles. The second kappa shape index (κ2) is 16.5. The molecule has 1 fully saturated rings. The summed E-state index contributed by atoms with van der Waals surface area (Å²) in [6, 6.07) is 31.9. The Labute approximate surface area is 289 Å². The molecule has 0 saturated carbocycles. The van der Waals surface area contributed by atoms with Gasteiger partial charge in [0.15, 0.2) is 8.32 Å². The summed E-state index contributed by atoms with van der Waals surface area (Å²) in [5.41, 5.74) is 2.63. The summed E-state index contributed by atoms with van der Waals surface area (Å²) in [5, 5.41) is 11.1. The van der Waals surface area contributed by atoms with E-state index in [0.29, 0.717) is 13.0 Å². The van der Waals surface area contributed by atoms with E-state index in [1.54, 1.807) is 0 Å². The summed E-state index contributed by atoms with van der Waals surface area (Å²) in [5.74, 6) is 2.51. The van der Waals surface area contributed by atoms with Crippen molar-refractivity contribution in [3.8, 4) is 0 Å². The molecule has 3 nitrogen and oxygen atoms in total. The summed E-state index contributed by atoms with van der Waals surface area (Å²) in [7, 11) is -2.06. The molecule has 1 aliphatic heterocycles. The number of aliphatic hydroxyl groups is 1. The molecule has 0 amide bonds. The lowest BCUT2D eigenvalue weighted by Gasteiger charge is -2.45. The molecule has 1 N–H and O–H groups in total. The zero-order valence-corrected chi connectivity index (χ0v) is 31.5. The fourth-order valence-corrected chi connectivity index (χ4v) is 11.2. The summed E-state index contributed by atoms with van der Waals surface area (Å²) in [6.07, 6.45) is 5.97. The van der Waals surface area contributed by atoms with Gasteiger partial charge in [-0.25, -0.2) is 0 Å². The third-order valence-corrected chi connectivity index (χ3v) is 17.5. The number of rotatable bonds is 16. The van der Waals surface area contributed by atoms with Gasteiger partial charge in [0.25, 0.3) is 0 Å². The van der Waals surface area contributed by atoms with E-state index in [1.165, 1.54) is 6.42 Å². The Bertz CT molecular complexity index is 1220. The minimum Gasteiger partial charge on any atom is -0.414 e. The van der Waals surface area contributed by atoms with E-state index in [-0.39, 0.29) is 27.2 Å². The standard InChI is InChI=1S/C40H56O3S2Si/c1-8-19-36(41)29-39(44-26-18-27-45-39)30-37(43-46(6,7)38(3,4)5)28-32(2)31-42-40(33-20-12-9-13-21-33,34-22-14-10-15-23-34)35-24-16-11-17-25-35/h8-17,20-25,32,36-37,41H,1,18-19,26-31H2,2-7H3/t32-,36-,37-/m1/s1. The van der Waals surface area contributed by atoms with Crippen molar-refractivity contribution in [2.45, 2.75) is 99.8 Å². The maximum Gasteiger partial charge on any atom is 0.192 e. The molecular formula is C40H56O3S2Si. The van der Waals surface area contributed by atoms with Gasteiger partial charge in [0.05, 0.1) is 16.8 Å². The largest absolute Gasteiger partial charge is 0.414 e. The lowest BCUT2D eigenvalue weighted by molar-refractivity contribution is -0.0140. The van der Waals surface area contributed by atoms with Crippen LogP contribution in [-0.2, 0) is 14.8 Å². The van der Waals surface area contributed by atoms with E-state index >= 15 is 0 Å². The van der Waals surface area contributed by atoms with Gasteiger partial charge >= 0.3 is 0 Å². The Morgan fingerprint density at radius 2 is 1.33 bits per heavy atom. The highest BCUT2D eigenvalue weighted by molar-refractivity contribution is 8.18. The molecule has 0 aliphatic carbocycles. The van der Waals surface area contributed by atoms with Crippen LogP contribution in [0.4, 0.5) is 0 Å². The molecule has 1 aliphatic rings. The maximum absolute atomic E-state index is 11.0. The molecule has 0 radical (unpaired) electrons. The fourth-order valence-electron chi connectivity index (χ4n) is 6.24. The zero-order valence-electron chi connectivity index (χ0n) is 28.9. The average molecular weight is 677 g/mol. The molecule has 0 unspecified atom stereocenters. The van der Waals surface area contributed by atoms with Crippen LogP contribution in [0.3, 0.4) is 0 Å². The molecule has 46 heavy (non-hydrogen) atoms. The van der Waals surface area contributed by atoms with Gasteiger partial charge in [-0.2, -0.15) is 0 Å². The summed E-state index contributed by atoms with van der Waals surface area (Å²) < 4.78 is 14.5. The molecule has 250 valence electrons. The van der Waals surface area contributed by atoms with E-state index in [9.17, 15) is 5.11 Å². The molecule has 0 bridgehead atoms. The Kier molecular flexibility index (Phi) is 13.3. The predicted octanol–water partition coefficient (Wildman–Crippen LogP) is 10.7. The van der Waals surface area contributed by atoms with Crippen LogP contribution in [0.25, 0.3) is 0 Å². The van der Waals surface area contributed by atoms with Crippen molar-refractivity contribution in [2.24, 2.45) is 5.92 Å². The maximum atomic E-state index is 11.0. The molecule has 3 aromatic carbocycles. The molecule has 6 heteroatoms. The van der Waals surface area contributed by atoms with Crippen molar-refractivity contribution in [1.82, 2.24) is 0 Å². The summed E-state index contributed by atoms with van der Waals surface area (Å²) in [6.45, 7) is 18.5. The minimum absolute atomic E-state index is 0.0594. The highest BCUT2D eigenvalue weighted by Crippen LogP contribution is 2.51. The van der Waals surface area contributed by atoms with Gasteiger partial charge in [0.2, 0.25) is 0 Å². The number of thioether (sulfide) groups is 2. The van der Waals surface area contributed by atoms with E-state index in [2.05, 4.69) is 138 Å². The van der Waals surface area contributed by atoms with Gasteiger partial charge < -0.3 is 14.3 Å². The zero-order chi connectivity index (χ0) is 33.3. The number of benzene rings is 3. The average Bonchev–Trinajstić information content (AvgIpc) is 3.02. The van der Waals surface area contributed by atoms with Crippen LogP contribution >= 0.6 is 23.5 Å². The second-order valence-electron chi connectivity index (χ2n) is 14.5. The molecule has 0 spiro atoms. The SMILES string of the molecule is C=CC[C@@H](O)CC1(C[C@@H](C[C@@H](C)COC(c2ccccc2)(c2ccccc2)c2ccccc2)O[Si](C)(C)C(C)(C)C)SCCCS1. The van der Waals surface area contributed by atoms with Gasteiger partial charge in [-0.15, -0.1) is 30.1 Å². The molecule has 3 aromatic rings. The molecule has 3 atom stereocenters. The van der Waals surface area contributed by atoms with Crippen LogP contribution in [0.2, 0.25) is 18.1 Å². The lowest BCUT2D eigenvalue weighted by atomic mass is 9.80.